The third-order valence-corrected chi connectivity index (χ3v) is 5.92. The Labute approximate surface area is 216 Å². The lowest BCUT2D eigenvalue weighted by Crippen LogP contribution is -2.29. The van der Waals surface area contributed by atoms with Gasteiger partial charge >= 0.3 is 6.02 Å². The summed E-state index contributed by atoms with van der Waals surface area (Å²) in [7, 11) is 0. The van der Waals surface area contributed by atoms with Crippen molar-refractivity contribution in [3.05, 3.63) is 126 Å². The molecule has 5 rings (SSSR count). The molecule has 0 aliphatic carbocycles. The predicted octanol–water partition coefficient (Wildman–Crippen LogP) is 6.94. The van der Waals surface area contributed by atoms with E-state index in [-0.39, 0.29) is 17.7 Å². The van der Waals surface area contributed by atoms with Crippen molar-refractivity contribution in [1.29, 1.82) is 5.26 Å². The highest BCUT2D eigenvalue weighted by atomic mass is 16.5. The Morgan fingerprint density at radius 1 is 0.838 bits per heavy atom. The van der Waals surface area contributed by atoms with Crippen molar-refractivity contribution in [1.82, 2.24) is 4.90 Å². The van der Waals surface area contributed by atoms with Crippen molar-refractivity contribution in [2.24, 2.45) is 4.99 Å². The lowest BCUT2D eigenvalue weighted by molar-refractivity contribution is -0.122. The van der Waals surface area contributed by atoms with E-state index in [4.69, 9.17) is 4.74 Å². The van der Waals surface area contributed by atoms with E-state index in [1.807, 2.05) is 67.6 Å². The van der Waals surface area contributed by atoms with E-state index in [0.717, 1.165) is 22.6 Å². The molecule has 6 nitrogen and oxygen atoms in total. The molecule has 1 aliphatic heterocycles. The summed E-state index contributed by atoms with van der Waals surface area (Å²) in [5, 5.41) is 9.37. The zero-order chi connectivity index (χ0) is 25.6. The number of benzene rings is 4. The van der Waals surface area contributed by atoms with Gasteiger partial charge in [0.25, 0.3) is 5.91 Å². The molecule has 1 heterocycles. The number of carbonyl (C=O) groups is 1. The Morgan fingerprint density at radius 3 is 2.00 bits per heavy atom. The van der Waals surface area contributed by atoms with Crippen LogP contribution in [0.15, 0.2) is 120 Å². The number of nitriles is 1. The predicted molar refractivity (Wildman–Crippen MR) is 146 cm³/mol. The molecule has 0 N–H and O–H groups in total. The Hall–Kier alpha value is -5.15. The molecular formula is C31H24N4O2. The van der Waals surface area contributed by atoms with Gasteiger partial charge in [0, 0.05) is 23.6 Å². The number of amides is 1. The second-order valence-electron chi connectivity index (χ2n) is 8.28. The van der Waals surface area contributed by atoms with E-state index >= 15 is 0 Å². The molecule has 1 fully saturated rings. The molecule has 1 amide bonds. The van der Waals surface area contributed by atoms with Crippen LogP contribution in [0, 0.1) is 11.3 Å². The summed E-state index contributed by atoms with van der Waals surface area (Å²) in [5.74, 6) is -0.0827. The first kappa shape index (κ1) is 23.6. The molecule has 180 valence electrons. The van der Waals surface area contributed by atoms with E-state index in [0.29, 0.717) is 17.8 Å². The Balaban J connectivity index is 1.45. The lowest BCUT2D eigenvalue weighted by atomic mass is 10.1. The molecular weight excluding hydrogens is 460 g/mol. The van der Waals surface area contributed by atoms with Crippen LogP contribution in [0.25, 0.3) is 6.08 Å². The van der Waals surface area contributed by atoms with Crippen molar-refractivity contribution in [3.8, 4) is 6.07 Å². The third kappa shape index (κ3) is 4.97. The highest BCUT2D eigenvalue weighted by molar-refractivity contribution is 6.11. The van der Waals surface area contributed by atoms with Crippen LogP contribution >= 0.6 is 0 Å². The monoisotopic (exact) mass is 484 g/mol. The lowest BCUT2D eigenvalue weighted by Gasteiger charge is -2.25. The van der Waals surface area contributed by atoms with Gasteiger partial charge in [0.05, 0.1) is 11.3 Å². The standard InChI is InChI=1S/C31H24N4O2/c1-2-34-30(36)29(37-31(34)33-28-16-10-9-11-24(28)22-32)21-23-17-19-27(20-18-23)35(25-12-5-3-6-13-25)26-14-7-4-8-15-26/h3-21H,2H2,1H3/b29-21+,33-31?. The van der Waals surface area contributed by atoms with Crippen LogP contribution in [0.1, 0.15) is 18.1 Å². The molecule has 0 radical (unpaired) electrons. The summed E-state index contributed by atoms with van der Waals surface area (Å²) in [6.45, 7) is 2.25. The summed E-state index contributed by atoms with van der Waals surface area (Å²) < 4.78 is 5.87. The van der Waals surface area contributed by atoms with Crippen LogP contribution < -0.4 is 4.90 Å². The first-order valence-electron chi connectivity index (χ1n) is 12.0. The first-order valence-corrected chi connectivity index (χ1v) is 12.0. The summed E-state index contributed by atoms with van der Waals surface area (Å²) in [6, 6.07) is 37.5. The maximum Gasteiger partial charge on any atom is 0.305 e. The van der Waals surface area contributed by atoms with Gasteiger partial charge < -0.3 is 9.64 Å². The van der Waals surface area contributed by atoms with E-state index in [1.165, 1.54) is 4.90 Å². The van der Waals surface area contributed by atoms with Crippen molar-refractivity contribution < 1.29 is 9.53 Å². The maximum absolute atomic E-state index is 13.0. The molecule has 4 aromatic carbocycles. The quantitative estimate of drug-likeness (QED) is 0.278. The molecule has 1 saturated heterocycles. The number of nitrogens with zero attached hydrogens (tertiary/aromatic N) is 4. The van der Waals surface area contributed by atoms with Crippen molar-refractivity contribution in [3.63, 3.8) is 0 Å². The van der Waals surface area contributed by atoms with Gasteiger partial charge in [-0.2, -0.15) is 10.3 Å². The van der Waals surface area contributed by atoms with Gasteiger partial charge in [0.15, 0.2) is 5.76 Å². The fourth-order valence-corrected chi connectivity index (χ4v) is 4.11. The minimum absolute atomic E-state index is 0.164. The van der Waals surface area contributed by atoms with Crippen molar-refractivity contribution >= 4 is 40.8 Å². The molecule has 1 aliphatic rings. The summed E-state index contributed by atoms with van der Waals surface area (Å²) in [5.41, 5.74) is 4.78. The largest absolute Gasteiger partial charge is 0.419 e. The first-order chi connectivity index (χ1) is 18.2. The second kappa shape index (κ2) is 10.6. The average molecular weight is 485 g/mol. The van der Waals surface area contributed by atoms with Gasteiger partial charge in [-0.25, -0.2) is 0 Å². The normalized spacial score (nSPS) is 15.0. The highest BCUT2D eigenvalue weighted by Crippen LogP contribution is 2.34. The van der Waals surface area contributed by atoms with E-state index in [1.54, 1.807) is 30.3 Å². The number of para-hydroxylation sites is 3. The minimum Gasteiger partial charge on any atom is -0.419 e. The van der Waals surface area contributed by atoms with E-state index in [2.05, 4.69) is 40.2 Å². The van der Waals surface area contributed by atoms with Crippen LogP contribution in [-0.4, -0.2) is 23.4 Å². The Bertz CT molecular complexity index is 1470. The fraction of sp³-hybridized carbons (Fsp3) is 0.0645. The molecule has 0 bridgehead atoms. The van der Waals surface area contributed by atoms with Crippen LogP contribution in [0.3, 0.4) is 0 Å². The minimum atomic E-state index is -0.269. The van der Waals surface area contributed by atoms with Crippen molar-refractivity contribution in [2.45, 2.75) is 6.92 Å². The van der Waals surface area contributed by atoms with E-state index in [9.17, 15) is 10.1 Å². The zero-order valence-electron chi connectivity index (χ0n) is 20.3. The molecule has 0 saturated carbocycles. The number of amidine groups is 1. The molecule has 6 heteroatoms. The molecule has 0 aromatic heterocycles. The summed E-state index contributed by atoms with van der Waals surface area (Å²) in [6.07, 6.45) is 1.71. The summed E-state index contributed by atoms with van der Waals surface area (Å²) >= 11 is 0. The number of hydrogen-bond acceptors (Lipinski definition) is 5. The number of anilines is 3. The van der Waals surface area contributed by atoms with Gasteiger partial charge in [-0.1, -0.05) is 60.7 Å². The smallest absolute Gasteiger partial charge is 0.305 e. The number of hydrogen-bond donors (Lipinski definition) is 0. The van der Waals surface area contributed by atoms with Crippen molar-refractivity contribution in [2.75, 3.05) is 11.4 Å². The zero-order valence-corrected chi connectivity index (χ0v) is 20.3. The van der Waals surface area contributed by atoms with Gasteiger partial charge in [-0.05, 0) is 67.1 Å². The number of aliphatic imine (C=N–C) groups is 1. The van der Waals surface area contributed by atoms with Gasteiger partial charge in [0.2, 0.25) is 0 Å². The maximum atomic E-state index is 13.0. The fourth-order valence-electron chi connectivity index (χ4n) is 4.11. The molecule has 0 spiro atoms. The Morgan fingerprint density at radius 2 is 1.41 bits per heavy atom. The number of carbonyl (C=O) groups excluding carboxylic acids is 1. The topological polar surface area (TPSA) is 68.9 Å². The Kier molecular flexibility index (Phi) is 6.78. The van der Waals surface area contributed by atoms with Crippen LogP contribution in [0.2, 0.25) is 0 Å². The SMILES string of the molecule is CCN1C(=O)/C(=C\c2ccc(N(c3ccccc3)c3ccccc3)cc2)OC1=Nc1ccccc1C#N. The van der Waals surface area contributed by atoms with Gasteiger partial charge in [-0.15, -0.1) is 0 Å². The molecule has 37 heavy (non-hydrogen) atoms. The number of ether oxygens (including phenoxy) is 1. The van der Waals surface area contributed by atoms with Crippen LogP contribution in [0.5, 0.6) is 0 Å². The van der Waals surface area contributed by atoms with Gasteiger partial charge in [0.1, 0.15) is 6.07 Å². The number of rotatable bonds is 6. The second-order valence-corrected chi connectivity index (χ2v) is 8.28. The van der Waals surface area contributed by atoms with Gasteiger partial charge in [-0.3, -0.25) is 9.69 Å². The van der Waals surface area contributed by atoms with Crippen LogP contribution in [-0.2, 0) is 9.53 Å². The third-order valence-electron chi connectivity index (χ3n) is 5.92. The molecule has 0 unspecified atom stereocenters. The number of likely N-dealkylation sites (N-methyl/N-ethyl adjacent to an activating group) is 1. The average Bonchev–Trinajstić information content (AvgIpc) is 3.24. The summed E-state index contributed by atoms with van der Waals surface area (Å²) in [4.78, 5) is 21.1. The van der Waals surface area contributed by atoms with E-state index < -0.39 is 0 Å². The van der Waals surface area contributed by atoms with Crippen LogP contribution in [0.4, 0.5) is 22.7 Å². The molecule has 0 atom stereocenters. The molecule has 4 aromatic rings. The highest BCUT2D eigenvalue weighted by Gasteiger charge is 2.33.